The van der Waals surface area contributed by atoms with Gasteiger partial charge in [0, 0.05) is 5.56 Å². The predicted molar refractivity (Wildman–Crippen MR) is 86.0 cm³/mol. The van der Waals surface area contributed by atoms with Gasteiger partial charge in [0.05, 0.1) is 21.9 Å². The average Bonchev–Trinajstić information content (AvgIpc) is 2.93. The monoisotopic (exact) mass is 323 g/mol. The first-order valence-electron chi connectivity index (χ1n) is 5.92. The third-order valence-electron chi connectivity index (χ3n) is 2.95. The maximum Gasteiger partial charge on any atom is 0.118 e. The molecule has 3 aromatic rings. The number of aromatic nitrogens is 2. The van der Waals surface area contributed by atoms with Crippen LogP contribution < -0.4 is 5.73 Å². The number of thiophene rings is 1. The summed E-state index contributed by atoms with van der Waals surface area (Å²) in [7, 11) is 0. The Labute approximate surface area is 130 Å². The minimum absolute atomic E-state index is 0.571. The van der Waals surface area contributed by atoms with Gasteiger partial charge in [-0.3, -0.25) is 0 Å². The first kappa shape index (κ1) is 13.5. The van der Waals surface area contributed by atoms with Gasteiger partial charge < -0.3 is 5.73 Å². The molecule has 3 nitrogen and oxygen atoms in total. The molecule has 0 aliphatic carbocycles. The van der Waals surface area contributed by atoms with Gasteiger partial charge in [0.2, 0.25) is 0 Å². The third-order valence-corrected chi connectivity index (χ3v) is 4.44. The molecule has 0 amide bonds. The van der Waals surface area contributed by atoms with Crippen LogP contribution in [0, 0.1) is 6.92 Å². The zero-order valence-electron chi connectivity index (χ0n) is 10.6. The van der Waals surface area contributed by atoms with Crippen LogP contribution in [0.4, 0.5) is 5.69 Å². The van der Waals surface area contributed by atoms with Crippen LogP contribution in [0.25, 0.3) is 16.9 Å². The molecule has 0 atom stereocenters. The first-order valence-corrected chi connectivity index (χ1v) is 7.49. The molecule has 0 fully saturated rings. The molecule has 3 rings (SSSR count). The van der Waals surface area contributed by atoms with Gasteiger partial charge in [0.15, 0.2) is 0 Å². The Kier molecular flexibility index (Phi) is 3.46. The Morgan fingerprint density at radius 1 is 1.20 bits per heavy atom. The molecule has 0 unspecified atom stereocenters. The summed E-state index contributed by atoms with van der Waals surface area (Å²) < 4.78 is 2.96. The highest BCUT2D eigenvalue weighted by Crippen LogP contribution is 2.39. The van der Waals surface area contributed by atoms with Crippen molar-refractivity contribution in [2.24, 2.45) is 0 Å². The van der Waals surface area contributed by atoms with Gasteiger partial charge in [-0.2, -0.15) is 5.10 Å². The largest absolute Gasteiger partial charge is 0.396 e. The number of anilines is 1. The highest BCUT2D eigenvalue weighted by molar-refractivity contribution is 7.20. The Bertz CT molecular complexity index is 759. The summed E-state index contributed by atoms with van der Waals surface area (Å²) in [6, 6.07) is 9.83. The van der Waals surface area contributed by atoms with Crippen molar-refractivity contribution in [2.75, 3.05) is 5.73 Å². The van der Waals surface area contributed by atoms with Crippen LogP contribution in [0.1, 0.15) is 5.56 Å². The zero-order chi connectivity index (χ0) is 14.3. The van der Waals surface area contributed by atoms with Crippen LogP contribution in [-0.2, 0) is 0 Å². The normalized spacial score (nSPS) is 10.9. The number of nitrogens with two attached hydrogens (primary N) is 1. The Balaban J connectivity index is 2.07. The molecule has 20 heavy (non-hydrogen) atoms. The van der Waals surface area contributed by atoms with Gasteiger partial charge in [0.25, 0.3) is 0 Å². The SMILES string of the molecule is Cc1ccc(-n2cc(N)c(-c3cc(Cl)sc3Cl)n2)cc1. The number of hydrogen-bond acceptors (Lipinski definition) is 3. The average molecular weight is 324 g/mol. The maximum absolute atomic E-state index is 6.16. The van der Waals surface area contributed by atoms with Gasteiger partial charge >= 0.3 is 0 Å². The number of nitrogens with zero attached hydrogens (tertiary/aromatic N) is 2. The fraction of sp³-hybridized carbons (Fsp3) is 0.0714. The molecular weight excluding hydrogens is 313 g/mol. The fourth-order valence-electron chi connectivity index (χ4n) is 1.93. The Morgan fingerprint density at radius 3 is 2.50 bits per heavy atom. The number of hydrogen-bond donors (Lipinski definition) is 1. The molecule has 2 N–H and O–H groups in total. The molecule has 0 radical (unpaired) electrons. The number of benzene rings is 1. The van der Waals surface area contributed by atoms with Gasteiger partial charge in [-0.05, 0) is 25.1 Å². The van der Waals surface area contributed by atoms with Crippen molar-refractivity contribution >= 4 is 40.2 Å². The van der Waals surface area contributed by atoms with E-state index >= 15 is 0 Å². The van der Waals surface area contributed by atoms with Crippen LogP contribution >= 0.6 is 34.5 Å². The van der Waals surface area contributed by atoms with Gasteiger partial charge in [-0.15, -0.1) is 11.3 Å². The van der Waals surface area contributed by atoms with Crippen molar-refractivity contribution in [3.63, 3.8) is 0 Å². The van der Waals surface area contributed by atoms with Crippen LogP contribution in [-0.4, -0.2) is 9.78 Å². The van der Waals surface area contributed by atoms with Crippen molar-refractivity contribution < 1.29 is 0 Å². The number of nitrogen functional groups attached to an aromatic ring is 1. The van der Waals surface area contributed by atoms with E-state index < -0.39 is 0 Å². The molecule has 1 aromatic carbocycles. The highest BCUT2D eigenvalue weighted by atomic mass is 35.5. The van der Waals surface area contributed by atoms with Gasteiger partial charge in [0.1, 0.15) is 10.0 Å². The van der Waals surface area contributed by atoms with Gasteiger partial charge in [-0.1, -0.05) is 40.9 Å². The second-order valence-electron chi connectivity index (χ2n) is 4.45. The fourth-order valence-corrected chi connectivity index (χ4v) is 3.39. The van der Waals surface area contributed by atoms with Gasteiger partial charge in [-0.25, -0.2) is 4.68 Å². The zero-order valence-corrected chi connectivity index (χ0v) is 12.9. The Morgan fingerprint density at radius 2 is 1.90 bits per heavy atom. The van der Waals surface area contributed by atoms with Crippen LogP contribution in [0.2, 0.25) is 8.67 Å². The van der Waals surface area contributed by atoms with E-state index in [1.165, 1.54) is 16.9 Å². The van der Waals surface area contributed by atoms with Crippen molar-refractivity contribution in [1.29, 1.82) is 0 Å². The van der Waals surface area contributed by atoms with Crippen molar-refractivity contribution in [3.05, 3.63) is 50.8 Å². The summed E-state index contributed by atoms with van der Waals surface area (Å²) >= 11 is 13.4. The van der Waals surface area contributed by atoms with E-state index in [2.05, 4.69) is 5.10 Å². The standard InChI is InChI=1S/C14H11Cl2N3S/c1-8-2-4-9(5-3-8)19-7-11(17)13(18-19)10-6-12(15)20-14(10)16/h2-7H,17H2,1H3. The lowest BCUT2D eigenvalue weighted by Gasteiger charge is -2.01. The third kappa shape index (κ3) is 2.42. The first-order chi connectivity index (χ1) is 9.54. The lowest BCUT2D eigenvalue weighted by atomic mass is 10.2. The van der Waals surface area contributed by atoms with Crippen LogP contribution in [0.3, 0.4) is 0 Å². The molecule has 0 bridgehead atoms. The topological polar surface area (TPSA) is 43.8 Å². The minimum Gasteiger partial charge on any atom is -0.396 e. The lowest BCUT2D eigenvalue weighted by molar-refractivity contribution is 0.884. The number of halogens is 2. The van der Waals surface area contributed by atoms with Crippen molar-refractivity contribution in [1.82, 2.24) is 9.78 Å². The summed E-state index contributed by atoms with van der Waals surface area (Å²) in [5.41, 5.74) is 10.2. The van der Waals surface area contributed by atoms with Crippen molar-refractivity contribution in [2.45, 2.75) is 6.92 Å². The molecule has 0 spiro atoms. The summed E-state index contributed by atoms with van der Waals surface area (Å²) in [6.07, 6.45) is 1.78. The Hall–Kier alpha value is -1.49. The van der Waals surface area contributed by atoms with Crippen molar-refractivity contribution in [3.8, 4) is 16.9 Å². The number of aryl methyl sites for hydroxylation is 1. The van der Waals surface area contributed by atoms with E-state index in [1.807, 2.05) is 31.2 Å². The molecular formula is C14H11Cl2N3S. The molecule has 0 saturated carbocycles. The second-order valence-corrected chi connectivity index (χ2v) is 6.74. The summed E-state index contributed by atoms with van der Waals surface area (Å²) in [5, 5.41) is 4.51. The van der Waals surface area contributed by atoms with E-state index in [0.717, 1.165) is 11.3 Å². The van der Waals surface area contributed by atoms with Crippen LogP contribution in [0.5, 0.6) is 0 Å². The summed E-state index contributed by atoms with van der Waals surface area (Å²) in [5.74, 6) is 0. The molecule has 0 aliphatic rings. The lowest BCUT2D eigenvalue weighted by Crippen LogP contribution is -1.94. The minimum atomic E-state index is 0.571. The smallest absolute Gasteiger partial charge is 0.118 e. The summed E-state index contributed by atoms with van der Waals surface area (Å²) in [6.45, 7) is 2.04. The molecule has 0 aliphatic heterocycles. The second kappa shape index (κ2) is 5.13. The maximum atomic E-state index is 6.16. The summed E-state index contributed by atoms with van der Waals surface area (Å²) in [4.78, 5) is 0. The molecule has 2 heterocycles. The van der Waals surface area contributed by atoms with Crippen LogP contribution in [0.15, 0.2) is 36.5 Å². The van der Waals surface area contributed by atoms with E-state index in [9.17, 15) is 0 Å². The molecule has 2 aromatic heterocycles. The van der Waals surface area contributed by atoms with E-state index in [-0.39, 0.29) is 0 Å². The predicted octanol–water partition coefficient (Wildman–Crippen LogP) is 4.80. The number of rotatable bonds is 2. The molecule has 0 saturated heterocycles. The van der Waals surface area contributed by atoms with E-state index in [4.69, 9.17) is 28.9 Å². The molecule has 6 heteroatoms. The van der Waals surface area contributed by atoms with E-state index in [0.29, 0.717) is 20.1 Å². The highest BCUT2D eigenvalue weighted by Gasteiger charge is 2.15. The van der Waals surface area contributed by atoms with E-state index in [1.54, 1.807) is 16.9 Å². The quantitative estimate of drug-likeness (QED) is 0.736. The molecule has 102 valence electrons.